The number of hydrogen-bond donors (Lipinski definition) is 0. The van der Waals surface area contributed by atoms with Gasteiger partial charge in [-0.05, 0) is 17.7 Å². The summed E-state index contributed by atoms with van der Waals surface area (Å²) >= 11 is 22.3. The van der Waals surface area contributed by atoms with Crippen molar-refractivity contribution in [1.29, 1.82) is 0 Å². The summed E-state index contributed by atoms with van der Waals surface area (Å²) in [6.07, 6.45) is -7.30. The van der Waals surface area contributed by atoms with Gasteiger partial charge in [0.2, 0.25) is 0 Å². The molecule has 1 atom stereocenters. The molecule has 0 N–H and O–H groups in total. The SMILES string of the molecule is O=S(c1cc(Br)cc(Br)c1CC(Cl)(Cl)Cl)C(F)(F)C(F)(F)C(F)(F)F. The molecule has 1 unspecified atom stereocenters. The first kappa shape index (κ1) is 23.7. The third kappa shape index (κ3) is 5.16. The molecule has 1 nitrogen and oxygen atoms in total. The van der Waals surface area contributed by atoms with Crippen molar-refractivity contribution in [2.24, 2.45) is 0 Å². The molecule has 0 aliphatic heterocycles. The van der Waals surface area contributed by atoms with Gasteiger partial charge in [-0.25, -0.2) is 4.21 Å². The van der Waals surface area contributed by atoms with Crippen molar-refractivity contribution in [2.75, 3.05) is 0 Å². The van der Waals surface area contributed by atoms with Gasteiger partial charge in [0.05, 0.1) is 4.90 Å². The number of hydrogen-bond acceptors (Lipinski definition) is 1. The van der Waals surface area contributed by atoms with Crippen LogP contribution in [0, 0.1) is 0 Å². The van der Waals surface area contributed by atoms with Gasteiger partial charge >= 0.3 is 17.4 Å². The largest absolute Gasteiger partial charge is 0.461 e. The van der Waals surface area contributed by atoms with E-state index in [1.165, 1.54) is 6.07 Å². The molecule has 0 fully saturated rings. The zero-order chi connectivity index (χ0) is 20.0. The average molecular weight is 583 g/mol. The van der Waals surface area contributed by atoms with Crippen molar-refractivity contribution in [1.82, 2.24) is 0 Å². The van der Waals surface area contributed by atoms with Crippen LogP contribution in [0.15, 0.2) is 26.0 Å². The van der Waals surface area contributed by atoms with Crippen LogP contribution in [0.1, 0.15) is 5.56 Å². The van der Waals surface area contributed by atoms with Gasteiger partial charge in [-0.15, -0.1) is 0 Å². The van der Waals surface area contributed by atoms with Crippen LogP contribution < -0.4 is 0 Å². The van der Waals surface area contributed by atoms with E-state index in [-0.39, 0.29) is 8.95 Å². The lowest BCUT2D eigenvalue weighted by Gasteiger charge is -2.28. The summed E-state index contributed by atoms with van der Waals surface area (Å²) in [5.74, 6) is -6.54. The quantitative estimate of drug-likeness (QED) is 0.275. The zero-order valence-electron chi connectivity index (χ0n) is 11.2. The Morgan fingerprint density at radius 1 is 0.960 bits per heavy atom. The molecule has 0 spiro atoms. The predicted molar refractivity (Wildman–Crippen MR) is 88.2 cm³/mol. The van der Waals surface area contributed by atoms with Crippen LogP contribution in [0.2, 0.25) is 0 Å². The van der Waals surface area contributed by atoms with Gasteiger partial charge in [0.15, 0.2) is 3.79 Å². The minimum atomic E-state index is -6.62. The lowest BCUT2D eigenvalue weighted by molar-refractivity contribution is -0.331. The van der Waals surface area contributed by atoms with Crippen LogP contribution in [-0.4, -0.2) is 25.4 Å². The van der Waals surface area contributed by atoms with Crippen LogP contribution in [0.3, 0.4) is 0 Å². The van der Waals surface area contributed by atoms with Gasteiger partial charge in [0.1, 0.15) is 10.8 Å². The zero-order valence-corrected chi connectivity index (χ0v) is 17.5. The number of rotatable bonds is 4. The van der Waals surface area contributed by atoms with Crippen molar-refractivity contribution in [2.45, 2.75) is 32.5 Å². The fraction of sp³-hybridized carbons (Fsp3) is 0.455. The Balaban J connectivity index is 3.57. The summed E-state index contributed by atoms with van der Waals surface area (Å²) in [5.41, 5.74) is -0.417. The second-order valence-electron chi connectivity index (χ2n) is 4.51. The highest BCUT2D eigenvalue weighted by molar-refractivity contribution is 9.11. The fourth-order valence-corrected chi connectivity index (χ4v) is 4.85. The molecule has 0 aliphatic carbocycles. The number of alkyl halides is 10. The highest BCUT2D eigenvalue weighted by atomic mass is 79.9. The van der Waals surface area contributed by atoms with Gasteiger partial charge in [-0.2, -0.15) is 30.7 Å². The summed E-state index contributed by atoms with van der Waals surface area (Å²) in [5, 5.41) is -5.96. The smallest absolute Gasteiger partial charge is 0.248 e. The van der Waals surface area contributed by atoms with Crippen LogP contribution in [0.25, 0.3) is 0 Å². The van der Waals surface area contributed by atoms with E-state index >= 15 is 0 Å². The summed E-state index contributed by atoms with van der Waals surface area (Å²) in [6.45, 7) is 0. The van der Waals surface area contributed by atoms with Crippen LogP contribution in [0.4, 0.5) is 30.7 Å². The molecule has 0 saturated carbocycles. The molecule has 0 radical (unpaired) electrons. The molecule has 0 amide bonds. The van der Waals surface area contributed by atoms with E-state index in [2.05, 4.69) is 31.9 Å². The topological polar surface area (TPSA) is 17.1 Å². The number of benzene rings is 1. The molecule has 144 valence electrons. The highest BCUT2D eigenvalue weighted by Gasteiger charge is 2.76. The lowest BCUT2D eigenvalue weighted by Crippen LogP contribution is -2.54. The van der Waals surface area contributed by atoms with Gasteiger partial charge in [-0.3, -0.25) is 0 Å². The van der Waals surface area contributed by atoms with E-state index < -0.39 is 48.8 Å². The molecule has 0 bridgehead atoms. The Bertz CT molecular complexity index is 691. The number of halogens is 12. The summed E-state index contributed by atoms with van der Waals surface area (Å²) < 4.78 is 100. The first-order valence-corrected chi connectivity index (χ1v) is 9.57. The highest BCUT2D eigenvalue weighted by Crippen LogP contribution is 2.50. The Kier molecular flexibility index (Phi) is 7.23. The maximum absolute atomic E-state index is 13.8. The molecular formula is C11H4Br2Cl3F7OS. The molecular weight excluding hydrogens is 579 g/mol. The van der Waals surface area contributed by atoms with Gasteiger partial charge in [0, 0.05) is 15.4 Å². The van der Waals surface area contributed by atoms with E-state index in [1.54, 1.807) is 0 Å². The summed E-state index contributed by atoms with van der Waals surface area (Å²) in [6, 6.07) is 1.92. The fourth-order valence-electron chi connectivity index (χ4n) is 1.54. The van der Waals surface area contributed by atoms with Gasteiger partial charge in [-0.1, -0.05) is 66.7 Å². The Morgan fingerprint density at radius 2 is 1.44 bits per heavy atom. The Hall–Kier alpha value is 0.710. The molecule has 1 aromatic carbocycles. The van der Waals surface area contributed by atoms with Crippen molar-refractivity contribution in [3.63, 3.8) is 0 Å². The first-order valence-electron chi connectivity index (χ1n) is 5.70. The second kappa shape index (κ2) is 7.62. The molecule has 0 aromatic heterocycles. The average Bonchev–Trinajstić information content (AvgIpc) is 2.37. The molecule has 14 heteroatoms. The van der Waals surface area contributed by atoms with Gasteiger partial charge in [0.25, 0.3) is 0 Å². The second-order valence-corrected chi connectivity index (χ2v) is 10.3. The molecule has 0 aliphatic rings. The third-order valence-corrected chi connectivity index (χ3v) is 5.70. The summed E-state index contributed by atoms with van der Waals surface area (Å²) in [7, 11) is -4.12. The van der Waals surface area contributed by atoms with E-state index in [9.17, 15) is 34.9 Å². The standard InChI is InChI=1S/C11H4Br2Cl3F7OS/c12-4-1-6(13)5(3-8(14,15)16)7(2-4)25(24)11(22,23)9(17,18)10(19,20)21/h1-2H,3H2. The molecule has 1 rings (SSSR count). The molecule has 1 aromatic rings. The van der Waals surface area contributed by atoms with Gasteiger partial charge < -0.3 is 0 Å². The Labute approximate surface area is 170 Å². The normalized spacial score (nSPS) is 15.4. The monoisotopic (exact) mass is 580 g/mol. The van der Waals surface area contributed by atoms with Crippen molar-refractivity contribution in [3.05, 3.63) is 26.6 Å². The Morgan fingerprint density at radius 3 is 1.84 bits per heavy atom. The van der Waals surface area contributed by atoms with E-state index in [0.717, 1.165) is 0 Å². The van der Waals surface area contributed by atoms with Crippen LogP contribution in [0.5, 0.6) is 0 Å². The maximum atomic E-state index is 13.8. The lowest BCUT2D eigenvalue weighted by atomic mass is 10.2. The van der Waals surface area contributed by atoms with Crippen molar-refractivity contribution >= 4 is 77.5 Å². The molecule has 0 saturated heterocycles. The van der Waals surface area contributed by atoms with Crippen molar-refractivity contribution in [3.8, 4) is 0 Å². The van der Waals surface area contributed by atoms with Crippen molar-refractivity contribution < 1.29 is 34.9 Å². The summed E-state index contributed by atoms with van der Waals surface area (Å²) in [4.78, 5) is -1.04. The van der Waals surface area contributed by atoms with E-state index in [0.29, 0.717) is 6.07 Å². The van der Waals surface area contributed by atoms with E-state index in [4.69, 9.17) is 34.8 Å². The maximum Gasteiger partial charge on any atom is 0.461 e. The minimum Gasteiger partial charge on any atom is -0.248 e. The molecule has 25 heavy (non-hydrogen) atoms. The first-order chi connectivity index (χ1) is 10.9. The van der Waals surface area contributed by atoms with E-state index in [1.807, 2.05) is 0 Å². The van der Waals surface area contributed by atoms with Crippen LogP contribution >= 0.6 is 66.7 Å². The van der Waals surface area contributed by atoms with Crippen LogP contribution in [-0.2, 0) is 17.2 Å². The molecule has 0 heterocycles. The third-order valence-electron chi connectivity index (χ3n) is 2.65. The minimum absolute atomic E-state index is 0.0260. The predicted octanol–water partition coefficient (Wildman–Crippen LogP) is 7.02.